The highest BCUT2D eigenvalue weighted by Gasteiger charge is 2.05. The summed E-state index contributed by atoms with van der Waals surface area (Å²) >= 11 is 3.36. The average molecular weight is 360 g/mol. The smallest absolute Gasteiger partial charge is 0.258 e. The van der Waals surface area contributed by atoms with Gasteiger partial charge >= 0.3 is 0 Å². The molecule has 0 saturated heterocycles. The fraction of sp³-hybridized carbons (Fsp3) is 0.125. The van der Waals surface area contributed by atoms with Crippen molar-refractivity contribution in [2.75, 3.05) is 6.61 Å². The van der Waals surface area contributed by atoms with Crippen LogP contribution in [0, 0.1) is 0 Å². The van der Waals surface area contributed by atoms with Crippen molar-refractivity contribution in [2.45, 2.75) is 6.54 Å². The number of ether oxygens (including phenoxy) is 1. The number of fused-ring (bicyclic) bond motifs is 1. The average Bonchev–Trinajstić information content (AvgIpc) is 2.94. The molecule has 5 nitrogen and oxygen atoms in total. The minimum Gasteiger partial charge on any atom is -0.484 e. The minimum absolute atomic E-state index is 0.0240. The third-order valence-corrected chi connectivity index (χ3v) is 3.54. The zero-order chi connectivity index (χ0) is 15.4. The van der Waals surface area contributed by atoms with Crippen LogP contribution in [-0.4, -0.2) is 21.9 Å². The summed E-state index contributed by atoms with van der Waals surface area (Å²) in [5.74, 6) is 0.467. The van der Waals surface area contributed by atoms with E-state index < -0.39 is 0 Å². The maximum absolute atomic E-state index is 11.8. The van der Waals surface area contributed by atoms with Gasteiger partial charge in [0, 0.05) is 16.9 Å². The van der Waals surface area contributed by atoms with Crippen LogP contribution in [0.2, 0.25) is 0 Å². The molecule has 2 aromatic heterocycles. The number of nitrogens with one attached hydrogen (secondary N) is 1. The predicted molar refractivity (Wildman–Crippen MR) is 86.7 cm³/mol. The first-order valence-corrected chi connectivity index (χ1v) is 7.58. The highest BCUT2D eigenvalue weighted by atomic mass is 79.9. The van der Waals surface area contributed by atoms with E-state index in [9.17, 15) is 4.79 Å². The quantitative estimate of drug-likeness (QED) is 0.761. The monoisotopic (exact) mass is 359 g/mol. The highest BCUT2D eigenvalue weighted by molar-refractivity contribution is 9.10. The highest BCUT2D eigenvalue weighted by Crippen LogP contribution is 2.17. The fourth-order valence-corrected chi connectivity index (χ4v) is 2.40. The molecule has 0 spiro atoms. The lowest BCUT2D eigenvalue weighted by atomic mass is 10.3. The number of benzene rings is 1. The maximum Gasteiger partial charge on any atom is 0.258 e. The van der Waals surface area contributed by atoms with Gasteiger partial charge in [-0.05, 0) is 30.3 Å². The molecule has 0 fully saturated rings. The standard InChI is InChI=1S/C16H14BrN3O2/c17-12-4-3-5-14(8-12)22-11-16(21)18-9-13-10-20-7-2-1-6-15(20)19-13/h1-8,10H,9,11H2,(H,18,21). The molecular weight excluding hydrogens is 346 g/mol. The molecule has 1 N–H and O–H groups in total. The summed E-state index contributed by atoms with van der Waals surface area (Å²) in [6.45, 7) is 0.353. The second-order valence-electron chi connectivity index (χ2n) is 4.72. The first-order chi connectivity index (χ1) is 10.7. The molecule has 2 heterocycles. The molecule has 3 aromatic rings. The van der Waals surface area contributed by atoms with E-state index in [0.29, 0.717) is 12.3 Å². The van der Waals surface area contributed by atoms with E-state index >= 15 is 0 Å². The van der Waals surface area contributed by atoms with E-state index in [0.717, 1.165) is 15.8 Å². The Hall–Kier alpha value is -2.34. The zero-order valence-electron chi connectivity index (χ0n) is 11.7. The molecule has 3 rings (SSSR count). The van der Waals surface area contributed by atoms with Gasteiger partial charge in [0.1, 0.15) is 11.4 Å². The third kappa shape index (κ3) is 3.65. The normalized spacial score (nSPS) is 10.6. The van der Waals surface area contributed by atoms with Crippen LogP contribution in [-0.2, 0) is 11.3 Å². The Bertz CT molecular complexity index is 768. The van der Waals surface area contributed by atoms with Crippen molar-refractivity contribution in [3.8, 4) is 5.75 Å². The minimum atomic E-state index is -0.183. The molecule has 1 aromatic carbocycles. The Balaban J connectivity index is 1.51. The number of nitrogens with zero attached hydrogens (tertiary/aromatic N) is 2. The molecular formula is C16H14BrN3O2. The second-order valence-corrected chi connectivity index (χ2v) is 5.64. The number of hydrogen-bond acceptors (Lipinski definition) is 3. The lowest BCUT2D eigenvalue weighted by Gasteiger charge is -2.06. The van der Waals surface area contributed by atoms with Crippen LogP contribution in [0.5, 0.6) is 5.75 Å². The number of amides is 1. The number of pyridine rings is 1. The van der Waals surface area contributed by atoms with Crippen LogP contribution in [0.1, 0.15) is 5.69 Å². The summed E-state index contributed by atoms with van der Waals surface area (Å²) in [5, 5.41) is 2.79. The number of carbonyl (C=O) groups is 1. The van der Waals surface area contributed by atoms with E-state index in [4.69, 9.17) is 4.74 Å². The predicted octanol–water partition coefficient (Wildman–Crippen LogP) is 2.79. The number of hydrogen-bond donors (Lipinski definition) is 1. The van der Waals surface area contributed by atoms with Gasteiger partial charge in [0.25, 0.3) is 5.91 Å². The molecule has 0 aliphatic rings. The van der Waals surface area contributed by atoms with Gasteiger partial charge < -0.3 is 14.5 Å². The van der Waals surface area contributed by atoms with Gasteiger partial charge in [-0.1, -0.05) is 28.1 Å². The van der Waals surface area contributed by atoms with E-state index in [1.165, 1.54) is 0 Å². The summed E-state index contributed by atoms with van der Waals surface area (Å²) < 4.78 is 8.26. The Morgan fingerprint density at radius 2 is 2.18 bits per heavy atom. The Morgan fingerprint density at radius 3 is 3.00 bits per heavy atom. The molecule has 22 heavy (non-hydrogen) atoms. The summed E-state index contributed by atoms with van der Waals surface area (Å²) in [6.07, 6.45) is 3.81. The zero-order valence-corrected chi connectivity index (χ0v) is 13.3. The van der Waals surface area contributed by atoms with E-state index in [2.05, 4.69) is 26.2 Å². The molecule has 6 heteroatoms. The molecule has 0 aliphatic heterocycles. The van der Waals surface area contributed by atoms with Crippen LogP contribution >= 0.6 is 15.9 Å². The van der Waals surface area contributed by atoms with Gasteiger partial charge in [-0.25, -0.2) is 4.98 Å². The van der Waals surface area contributed by atoms with Crippen molar-refractivity contribution in [1.82, 2.24) is 14.7 Å². The first-order valence-electron chi connectivity index (χ1n) is 6.78. The largest absolute Gasteiger partial charge is 0.484 e. The molecule has 0 saturated carbocycles. The summed E-state index contributed by atoms with van der Waals surface area (Å²) in [4.78, 5) is 16.2. The van der Waals surface area contributed by atoms with Gasteiger partial charge in [-0.3, -0.25) is 4.79 Å². The first kappa shape index (κ1) is 14.6. The van der Waals surface area contributed by atoms with Gasteiger partial charge in [-0.2, -0.15) is 0 Å². The van der Waals surface area contributed by atoms with Crippen LogP contribution in [0.15, 0.2) is 59.3 Å². The van der Waals surface area contributed by atoms with Gasteiger partial charge in [0.15, 0.2) is 6.61 Å². The van der Waals surface area contributed by atoms with Gasteiger partial charge in [-0.15, -0.1) is 0 Å². The van der Waals surface area contributed by atoms with Crippen molar-refractivity contribution in [3.63, 3.8) is 0 Å². The van der Waals surface area contributed by atoms with Crippen molar-refractivity contribution in [2.24, 2.45) is 0 Å². The van der Waals surface area contributed by atoms with E-state index in [1.54, 1.807) is 6.07 Å². The van der Waals surface area contributed by atoms with Crippen molar-refractivity contribution >= 4 is 27.5 Å². The molecule has 0 aliphatic carbocycles. The van der Waals surface area contributed by atoms with Crippen molar-refractivity contribution < 1.29 is 9.53 Å². The topological polar surface area (TPSA) is 55.6 Å². The number of halogens is 1. The lowest BCUT2D eigenvalue weighted by Crippen LogP contribution is -2.28. The summed E-state index contributed by atoms with van der Waals surface area (Å²) in [7, 11) is 0. The van der Waals surface area contributed by atoms with Crippen molar-refractivity contribution in [3.05, 3.63) is 65.0 Å². The molecule has 0 bridgehead atoms. The molecule has 0 atom stereocenters. The third-order valence-electron chi connectivity index (χ3n) is 3.05. The molecule has 1 amide bonds. The number of carbonyl (C=O) groups excluding carboxylic acids is 1. The molecule has 0 unspecified atom stereocenters. The number of imidazole rings is 1. The summed E-state index contributed by atoms with van der Waals surface area (Å²) in [6, 6.07) is 13.2. The van der Waals surface area contributed by atoms with Crippen LogP contribution < -0.4 is 10.1 Å². The van der Waals surface area contributed by atoms with Gasteiger partial charge in [0.05, 0.1) is 12.2 Å². The SMILES string of the molecule is O=C(COc1cccc(Br)c1)NCc1cn2ccccc2n1. The Kier molecular flexibility index (Phi) is 4.39. The Morgan fingerprint density at radius 1 is 1.27 bits per heavy atom. The van der Waals surface area contributed by atoms with Crippen LogP contribution in [0.25, 0.3) is 5.65 Å². The number of rotatable bonds is 5. The van der Waals surface area contributed by atoms with Crippen molar-refractivity contribution in [1.29, 1.82) is 0 Å². The summed E-state index contributed by atoms with van der Waals surface area (Å²) in [5.41, 5.74) is 1.67. The molecule has 112 valence electrons. The number of aromatic nitrogens is 2. The molecule has 0 radical (unpaired) electrons. The lowest BCUT2D eigenvalue weighted by molar-refractivity contribution is -0.123. The second kappa shape index (κ2) is 6.62. The van der Waals surface area contributed by atoms with Crippen LogP contribution in [0.3, 0.4) is 0 Å². The van der Waals surface area contributed by atoms with Gasteiger partial charge in [0.2, 0.25) is 0 Å². The maximum atomic E-state index is 11.8. The fourth-order valence-electron chi connectivity index (χ4n) is 2.02. The van der Waals surface area contributed by atoms with Crippen LogP contribution in [0.4, 0.5) is 0 Å². The van der Waals surface area contributed by atoms with E-state index in [1.807, 2.05) is 53.2 Å². The Labute approximate surface area is 136 Å². The van der Waals surface area contributed by atoms with E-state index in [-0.39, 0.29) is 12.5 Å².